The van der Waals surface area contributed by atoms with E-state index in [-0.39, 0.29) is 16.9 Å². The van der Waals surface area contributed by atoms with Crippen LogP contribution in [-0.2, 0) is 4.92 Å². The molecule has 1 atom stereocenters. The van der Waals surface area contributed by atoms with Crippen molar-refractivity contribution in [1.82, 2.24) is 5.32 Å². The van der Waals surface area contributed by atoms with Gasteiger partial charge in [0.25, 0.3) is 5.91 Å². The summed E-state index contributed by atoms with van der Waals surface area (Å²) in [6.07, 6.45) is 0. The molecule has 0 saturated carbocycles. The second-order valence-electron chi connectivity index (χ2n) is 3.99. The Morgan fingerprint density at radius 3 is 1.95 bits per heavy atom. The average Bonchev–Trinajstić information content (AvgIpc) is 2.40. The van der Waals surface area contributed by atoms with Crippen LogP contribution < -0.4 is 5.32 Å². The maximum atomic E-state index is 11.9. The summed E-state index contributed by atoms with van der Waals surface area (Å²) >= 11 is 13.0. The fraction of sp³-hybridized carbons (Fsp3) is 0.500. The molecule has 0 radical (unpaired) electrons. The zero-order chi connectivity index (χ0) is 17.0. The van der Waals surface area contributed by atoms with Crippen LogP contribution in [0.25, 0.3) is 0 Å². The Labute approximate surface area is 171 Å². The molecule has 0 saturated heterocycles. The van der Waals surface area contributed by atoms with E-state index in [1.54, 1.807) is 0 Å². The molecule has 0 aliphatic heterocycles. The molecule has 1 amide bonds. The third kappa shape index (κ3) is 12.8. The monoisotopic (exact) mass is 687 g/mol. The Kier molecular flexibility index (Phi) is 18.2. The van der Waals surface area contributed by atoms with Gasteiger partial charge in [-0.2, -0.15) is 0 Å². The van der Waals surface area contributed by atoms with Crippen molar-refractivity contribution < 1.29 is 9.72 Å². The number of hydrogen-bond donors (Lipinski definition) is 1. The van der Waals surface area contributed by atoms with Gasteiger partial charge in [-0.15, -0.1) is 11.6 Å². The third-order valence-electron chi connectivity index (χ3n) is 2.32. The van der Waals surface area contributed by atoms with Gasteiger partial charge < -0.3 is 5.32 Å². The van der Waals surface area contributed by atoms with Crippen molar-refractivity contribution >= 4 is 77.4 Å². The molecule has 0 fully saturated rings. The second-order valence-corrected chi connectivity index (χ2v) is 39.7. The molecule has 1 aromatic carbocycles. The minimum atomic E-state index is -0.278. The van der Waals surface area contributed by atoms with Gasteiger partial charge in [-0.25, -0.2) is 0 Å². The number of aryl methyl sites for hydroxylation is 2. The standard InChI is InChI=1S/C12H16ClNO.C2H6.3HI.V/c1-8-5-4-6-9(2)11(8)12(15)14-10(3)7-13;1-2;;;;/h4-6,10H,7H2,1-3H3,(H,14,15);1-2H3;3*1H;/q;;;;;+3/p-3. The van der Waals surface area contributed by atoms with Gasteiger partial charge >= 0.3 is 64.9 Å². The van der Waals surface area contributed by atoms with Crippen molar-refractivity contribution in [1.29, 1.82) is 0 Å². The van der Waals surface area contributed by atoms with Crippen LogP contribution >= 0.6 is 71.5 Å². The van der Waals surface area contributed by atoms with Crippen molar-refractivity contribution in [3.05, 3.63) is 34.9 Å². The third-order valence-corrected chi connectivity index (χ3v) is 2.78. The minimum absolute atomic E-state index is 0.00169. The Hall–Kier alpha value is 1.75. The van der Waals surface area contributed by atoms with Crippen LogP contribution in [0.2, 0.25) is 0 Å². The average molecular weight is 687 g/mol. The summed E-state index contributed by atoms with van der Waals surface area (Å²) in [7, 11) is 0. The number of amides is 1. The summed E-state index contributed by atoms with van der Waals surface area (Å²) in [6, 6.07) is 5.82. The van der Waals surface area contributed by atoms with Crippen LogP contribution in [0, 0.1) is 13.8 Å². The first-order valence-corrected chi connectivity index (χ1v) is 20.5. The molecular formula is C14H22ClI3NOV. The zero-order valence-electron chi connectivity index (χ0n) is 12.9. The Bertz CT molecular complexity index is 396. The first-order chi connectivity index (χ1) is 9.79. The van der Waals surface area contributed by atoms with Crippen molar-refractivity contribution in [2.24, 2.45) is 0 Å². The number of rotatable bonds is 3. The van der Waals surface area contributed by atoms with E-state index < -0.39 is 0 Å². The van der Waals surface area contributed by atoms with Gasteiger partial charge in [0.2, 0.25) is 0 Å². The second kappa shape index (κ2) is 15.3. The molecule has 7 heteroatoms. The van der Waals surface area contributed by atoms with E-state index in [9.17, 15) is 4.79 Å². The predicted octanol–water partition coefficient (Wildman–Crippen LogP) is 6.34. The zero-order valence-corrected chi connectivity index (χ0v) is 21.5. The van der Waals surface area contributed by atoms with E-state index in [2.05, 4.69) is 65.3 Å². The molecule has 0 spiro atoms. The van der Waals surface area contributed by atoms with Gasteiger partial charge in [-0.1, -0.05) is 32.0 Å². The van der Waals surface area contributed by atoms with E-state index in [0.29, 0.717) is 5.88 Å². The number of carbonyl (C=O) groups is 1. The van der Waals surface area contributed by atoms with E-state index in [1.165, 1.54) is 0 Å². The summed E-state index contributed by atoms with van der Waals surface area (Å²) in [5, 5.41) is 2.86. The predicted molar refractivity (Wildman–Crippen MR) is 117 cm³/mol. The first-order valence-electron chi connectivity index (χ1n) is 6.50. The topological polar surface area (TPSA) is 29.1 Å². The maximum absolute atomic E-state index is 11.9. The van der Waals surface area contributed by atoms with Crippen molar-refractivity contribution in [2.45, 2.75) is 40.7 Å². The number of hydrogen-bond acceptors (Lipinski definition) is 1. The fourth-order valence-electron chi connectivity index (χ4n) is 1.51. The molecule has 0 bridgehead atoms. The summed E-state index contributed by atoms with van der Waals surface area (Å²) in [5.74, 6) is 0.384. The molecule has 0 aromatic heterocycles. The van der Waals surface area contributed by atoms with Crippen molar-refractivity contribution in [3.63, 3.8) is 0 Å². The number of alkyl halides is 1. The molecule has 2 nitrogen and oxygen atoms in total. The normalized spacial score (nSPS) is 10.8. The van der Waals surface area contributed by atoms with Gasteiger partial charge in [0.1, 0.15) is 0 Å². The molecule has 1 rings (SSSR count). The number of benzene rings is 1. The summed E-state index contributed by atoms with van der Waals surface area (Å²) < 4.78 is 0. The molecule has 0 heterocycles. The van der Waals surface area contributed by atoms with Gasteiger partial charge in [-0.05, 0) is 31.9 Å². The Balaban J connectivity index is 0. The number of halogens is 4. The van der Waals surface area contributed by atoms with Gasteiger partial charge in [-0.3, -0.25) is 4.79 Å². The molecular weight excluding hydrogens is 665 g/mol. The van der Waals surface area contributed by atoms with Gasteiger partial charge in [0.05, 0.1) is 0 Å². The fourth-order valence-corrected chi connectivity index (χ4v) is 1.58. The summed E-state index contributed by atoms with van der Waals surface area (Å²) in [6.45, 7) is 9.76. The van der Waals surface area contributed by atoms with Crippen molar-refractivity contribution in [2.75, 3.05) is 5.88 Å². The molecule has 1 aromatic rings. The Morgan fingerprint density at radius 1 is 1.24 bits per heavy atom. The van der Waals surface area contributed by atoms with Crippen LogP contribution in [0.15, 0.2) is 18.2 Å². The van der Waals surface area contributed by atoms with E-state index >= 15 is 0 Å². The van der Waals surface area contributed by atoms with Gasteiger partial charge in [0.15, 0.2) is 0 Å². The number of carbonyl (C=O) groups excluding carboxylic acids is 1. The summed E-state index contributed by atoms with van der Waals surface area (Å²) in [5.41, 5.74) is 2.75. The molecule has 0 aliphatic rings. The Morgan fingerprint density at radius 2 is 1.62 bits per heavy atom. The quantitative estimate of drug-likeness (QED) is 0.292. The molecule has 122 valence electrons. The van der Waals surface area contributed by atoms with Crippen LogP contribution in [0.3, 0.4) is 0 Å². The summed E-state index contributed by atoms with van der Waals surface area (Å²) in [4.78, 5) is 11.6. The van der Waals surface area contributed by atoms with E-state index in [1.807, 2.05) is 52.8 Å². The van der Waals surface area contributed by atoms with E-state index in [4.69, 9.17) is 11.6 Å². The van der Waals surface area contributed by atoms with Crippen LogP contribution in [-0.4, -0.2) is 17.8 Å². The van der Waals surface area contributed by atoms with Crippen LogP contribution in [0.1, 0.15) is 42.3 Å². The molecule has 0 aliphatic carbocycles. The molecule has 1 N–H and O–H groups in total. The van der Waals surface area contributed by atoms with Crippen molar-refractivity contribution in [3.8, 4) is 0 Å². The van der Waals surface area contributed by atoms with Gasteiger partial charge in [0, 0.05) is 17.5 Å². The molecule has 1 unspecified atom stereocenters. The SMILES string of the molecule is CC.Cc1cccc(C)c1C(=O)NC(C)CCl.[I][V]([I])[I]. The first kappa shape index (κ1) is 25.0. The van der Waals surface area contributed by atoms with Crippen LogP contribution in [0.4, 0.5) is 0 Å². The molecule has 21 heavy (non-hydrogen) atoms. The van der Waals surface area contributed by atoms with Crippen LogP contribution in [0.5, 0.6) is 0 Å². The number of nitrogens with one attached hydrogen (secondary N) is 1. The van der Waals surface area contributed by atoms with E-state index in [0.717, 1.165) is 16.7 Å².